The molecule has 3 heterocycles. The summed E-state index contributed by atoms with van der Waals surface area (Å²) in [6.45, 7) is 6.64. The molecule has 1 aromatic rings. The van der Waals surface area contributed by atoms with Crippen LogP contribution in [0.5, 0.6) is 0 Å². The van der Waals surface area contributed by atoms with Gasteiger partial charge in [-0.05, 0) is 34.5 Å². The number of ether oxygens (including phenoxy) is 1. The molecule has 0 bridgehead atoms. The third kappa shape index (κ3) is 3.57. The Morgan fingerprint density at radius 1 is 1.45 bits per heavy atom. The van der Waals surface area contributed by atoms with Crippen LogP contribution < -0.4 is 10.2 Å². The maximum Gasteiger partial charge on any atom is 0.143 e. The highest BCUT2D eigenvalue weighted by Gasteiger charge is 2.24. The molecule has 2 aliphatic heterocycles. The minimum Gasteiger partial charge on any atom is -0.377 e. The topological polar surface area (TPSA) is 37.4 Å². The number of rotatable bonds is 1. The second kappa shape index (κ2) is 7.80. The van der Waals surface area contributed by atoms with Crippen molar-refractivity contribution in [1.29, 1.82) is 0 Å². The van der Waals surface area contributed by atoms with Crippen LogP contribution in [-0.4, -0.2) is 37.3 Å². The molecule has 4 nitrogen and oxygen atoms in total. The number of morpholine rings is 1. The van der Waals surface area contributed by atoms with Crippen LogP contribution in [0.4, 0.5) is 5.82 Å². The summed E-state index contributed by atoms with van der Waals surface area (Å²) in [6.07, 6.45) is 1.02. The van der Waals surface area contributed by atoms with Crippen LogP contribution in [0.15, 0.2) is 10.5 Å². The minimum absolute atomic E-state index is 0. The lowest BCUT2D eigenvalue weighted by atomic mass is 10.1. The third-order valence-electron chi connectivity index (χ3n) is 3.62. The van der Waals surface area contributed by atoms with Crippen LogP contribution in [0, 0.1) is 0 Å². The molecular formula is C13H20BrCl2N3O. The lowest BCUT2D eigenvalue weighted by Gasteiger charge is -2.35. The standard InChI is InChI=1S/C13H18BrN3O.2ClH/c1-9-8-18-5-4-17(9)13-11(14)6-10-7-15-3-2-12(10)16-13;;/h6,9,15H,2-5,7-8H2,1H3;2*1H/t9-;;/m1../s1. The quantitative estimate of drug-likeness (QED) is 0.807. The van der Waals surface area contributed by atoms with Gasteiger partial charge in [0.05, 0.1) is 23.7 Å². The largest absolute Gasteiger partial charge is 0.377 e. The second-order valence-electron chi connectivity index (χ2n) is 4.94. The highest BCUT2D eigenvalue weighted by atomic mass is 79.9. The van der Waals surface area contributed by atoms with E-state index in [1.807, 2.05) is 0 Å². The molecule has 0 unspecified atom stereocenters. The lowest BCUT2D eigenvalue weighted by Crippen LogP contribution is -2.44. The molecule has 1 N–H and O–H groups in total. The molecule has 0 saturated carbocycles. The molecule has 0 aromatic carbocycles. The molecule has 7 heteroatoms. The van der Waals surface area contributed by atoms with Crippen LogP contribution in [0.2, 0.25) is 0 Å². The summed E-state index contributed by atoms with van der Waals surface area (Å²) in [6, 6.07) is 2.61. The Morgan fingerprint density at radius 2 is 2.25 bits per heavy atom. The van der Waals surface area contributed by atoms with E-state index < -0.39 is 0 Å². The zero-order valence-electron chi connectivity index (χ0n) is 11.4. The molecule has 1 fully saturated rings. The Kier molecular flexibility index (Phi) is 7.01. The van der Waals surface area contributed by atoms with Gasteiger partial charge in [0.25, 0.3) is 0 Å². The van der Waals surface area contributed by atoms with E-state index in [1.54, 1.807) is 0 Å². The van der Waals surface area contributed by atoms with E-state index in [0.717, 1.165) is 49.6 Å². The van der Waals surface area contributed by atoms with Gasteiger partial charge in [0.1, 0.15) is 5.82 Å². The summed E-state index contributed by atoms with van der Waals surface area (Å²) in [5, 5.41) is 3.38. The molecular weight excluding hydrogens is 365 g/mol. The van der Waals surface area contributed by atoms with E-state index in [9.17, 15) is 0 Å². The molecule has 114 valence electrons. The minimum atomic E-state index is 0. The predicted octanol–water partition coefficient (Wildman–Crippen LogP) is 2.56. The number of aromatic nitrogens is 1. The van der Waals surface area contributed by atoms with Crippen molar-refractivity contribution >= 4 is 46.6 Å². The second-order valence-corrected chi connectivity index (χ2v) is 5.80. The van der Waals surface area contributed by atoms with Gasteiger partial charge in [-0.25, -0.2) is 4.98 Å². The summed E-state index contributed by atoms with van der Waals surface area (Å²) in [5.74, 6) is 1.08. The van der Waals surface area contributed by atoms with Gasteiger partial charge in [-0.15, -0.1) is 24.8 Å². The van der Waals surface area contributed by atoms with Crippen molar-refractivity contribution in [1.82, 2.24) is 10.3 Å². The first-order valence-electron chi connectivity index (χ1n) is 6.49. The fourth-order valence-corrected chi connectivity index (χ4v) is 3.19. The van der Waals surface area contributed by atoms with Gasteiger partial charge in [0.2, 0.25) is 0 Å². The molecule has 2 aliphatic rings. The Bertz CT molecular complexity index is 461. The van der Waals surface area contributed by atoms with E-state index in [2.05, 4.69) is 39.1 Å². The maximum absolute atomic E-state index is 5.49. The van der Waals surface area contributed by atoms with Gasteiger partial charge in [-0.1, -0.05) is 0 Å². The van der Waals surface area contributed by atoms with E-state index in [-0.39, 0.29) is 24.8 Å². The van der Waals surface area contributed by atoms with Crippen molar-refractivity contribution in [2.45, 2.75) is 25.9 Å². The van der Waals surface area contributed by atoms with Crippen LogP contribution in [-0.2, 0) is 17.7 Å². The summed E-state index contributed by atoms with van der Waals surface area (Å²) in [7, 11) is 0. The zero-order valence-corrected chi connectivity index (χ0v) is 14.6. The average Bonchev–Trinajstić information content (AvgIpc) is 2.39. The molecule has 1 atom stereocenters. The summed E-state index contributed by atoms with van der Waals surface area (Å²) in [4.78, 5) is 7.21. The van der Waals surface area contributed by atoms with Crippen molar-refractivity contribution in [2.75, 3.05) is 31.2 Å². The van der Waals surface area contributed by atoms with E-state index in [1.165, 1.54) is 11.3 Å². The zero-order chi connectivity index (χ0) is 12.5. The SMILES string of the molecule is C[C@@H]1COCCN1c1nc2c(cc1Br)CNCC2.Cl.Cl. The Balaban J connectivity index is 0.000001000. The Labute approximate surface area is 140 Å². The van der Waals surface area contributed by atoms with Crippen molar-refractivity contribution in [3.05, 3.63) is 21.8 Å². The number of fused-ring (bicyclic) bond motifs is 1. The first kappa shape index (κ1) is 18.0. The van der Waals surface area contributed by atoms with Gasteiger partial charge in [-0.2, -0.15) is 0 Å². The molecule has 0 spiro atoms. The molecule has 20 heavy (non-hydrogen) atoms. The van der Waals surface area contributed by atoms with Crippen molar-refractivity contribution < 1.29 is 4.74 Å². The van der Waals surface area contributed by atoms with Crippen LogP contribution in [0.25, 0.3) is 0 Å². The number of anilines is 1. The van der Waals surface area contributed by atoms with Crippen LogP contribution >= 0.6 is 40.7 Å². The number of nitrogens with zero attached hydrogens (tertiary/aromatic N) is 2. The number of halogens is 3. The maximum atomic E-state index is 5.49. The van der Waals surface area contributed by atoms with Gasteiger partial charge < -0.3 is 15.0 Å². The predicted molar refractivity (Wildman–Crippen MR) is 89.5 cm³/mol. The summed E-state index contributed by atoms with van der Waals surface area (Å²) >= 11 is 3.67. The fourth-order valence-electron chi connectivity index (χ4n) is 2.60. The number of nitrogens with one attached hydrogen (secondary N) is 1. The van der Waals surface area contributed by atoms with E-state index >= 15 is 0 Å². The smallest absolute Gasteiger partial charge is 0.143 e. The fraction of sp³-hybridized carbons (Fsp3) is 0.615. The van der Waals surface area contributed by atoms with Gasteiger partial charge in [0, 0.05) is 31.7 Å². The Hall–Kier alpha value is -0.0700. The van der Waals surface area contributed by atoms with Crippen molar-refractivity contribution in [2.24, 2.45) is 0 Å². The molecule has 0 amide bonds. The highest BCUT2D eigenvalue weighted by Crippen LogP contribution is 2.30. The molecule has 0 radical (unpaired) electrons. The molecule has 1 saturated heterocycles. The summed E-state index contributed by atoms with van der Waals surface area (Å²) < 4.78 is 6.59. The first-order valence-corrected chi connectivity index (χ1v) is 7.28. The lowest BCUT2D eigenvalue weighted by molar-refractivity contribution is 0.0984. The Morgan fingerprint density at radius 3 is 3.00 bits per heavy atom. The normalized spacial score (nSPS) is 21.5. The van der Waals surface area contributed by atoms with Gasteiger partial charge in [0.15, 0.2) is 0 Å². The van der Waals surface area contributed by atoms with Gasteiger partial charge in [-0.3, -0.25) is 0 Å². The van der Waals surface area contributed by atoms with E-state index in [4.69, 9.17) is 9.72 Å². The van der Waals surface area contributed by atoms with Crippen LogP contribution in [0.3, 0.4) is 0 Å². The van der Waals surface area contributed by atoms with E-state index in [0.29, 0.717) is 6.04 Å². The van der Waals surface area contributed by atoms with Gasteiger partial charge >= 0.3 is 0 Å². The monoisotopic (exact) mass is 383 g/mol. The number of hydrogen-bond acceptors (Lipinski definition) is 4. The molecule has 3 rings (SSSR count). The molecule has 0 aliphatic carbocycles. The average molecular weight is 385 g/mol. The van der Waals surface area contributed by atoms with Crippen molar-refractivity contribution in [3.8, 4) is 0 Å². The van der Waals surface area contributed by atoms with Crippen LogP contribution in [0.1, 0.15) is 18.2 Å². The first-order chi connectivity index (χ1) is 8.75. The number of pyridine rings is 1. The number of hydrogen-bond donors (Lipinski definition) is 1. The third-order valence-corrected chi connectivity index (χ3v) is 4.20. The van der Waals surface area contributed by atoms with Crippen molar-refractivity contribution in [3.63, 3.8) is 0 Å². The molecule has 1 aromatic heterocycles. The summed E-state index contributed by atoms with van der Waals surface area (Å²) in [5.41, 5.74) is 2.56. The highest BCUT2D eigenvalue weighted by molar-refractivity contribution is 9.10.